The molecule has 3 rings (SSSR count). The van der Waals surface area contributed by atoms with E-state index in [2.05, 4.69) is 10.3 Å². The Hall–Kier alpha value is -2.86. The monoisotopic (exact) mass is 368 g/mol. The summed E-state index contributed by atoms with van der Waals surface area (Å²) in [6.07, 6.45) is -0.564. The molecule has 6 nitrogen and oxygen atoms in total. The molecular weight excluding hydrogens is 344 g/mol. The highest BCUT2D eigenvalue weighted by atomic mass is 16.6. The molecule has 142 valence electrons. The van der Waals surface area contributed by atoms with Gasteiger partial charge in [0.05, 0.1) is 18.6 Å². The quantitative estimate of drug-likeness (QED) is 0.706. The van der Waals surface area contributed by atoms with Crippen LogP contribution in [0.1, 0.15) is 44.2 Å². The molecule has 0 aliphatic carbocycles. The van der Waals surface area contributed by atoms with Crippen LogP contribution in [0.15, 0.2) is 59.0 Å². The highest BCUT2D eigenvalue weighted by Crippen LogP contribution is 2.32. The summed E-state index contributed by atoms with van der Waals surface area (Å²) in [5, 5.41) is 13.0. The number of ether oxygens (including phenoxy) is 1. The maximum Gasteiger partial charge on any atom is 0.408 e. The van der Waals surface area contributed by atoms with Gasteiger partial charge < -0.3 is 19.6 Å². The third-order valence-electron chi connectivity index (χ3n) is 4.06. The number of aromatic nitrogens is 1. The largest absolute Gasteiger partial charge is 0.444 e. The molecular formula is C21H24N2O4. The van der Waals surface area contributed by atoms with Crippen molar-refractivity contribution >= 4 is 17.2 Å². The molecule has 0 fully saturated rings. The number of hydrogen-bond donors (Lipinski definition) is 2. The van der Waals surface area contributed by atoms with Crippen LogP contribution in [0.25, 0.3) is 11.1 Å². The fourth-order valence-electron chi connectivity index (χ4n) is 2.89. The Morgan fingerprint density at radius 3 is 2.44 bits per heavy atom. The number of fused-ring (bicyclic) bond motifs is 1. The first-order valence-electron chi connectivity index (χ1n) is 8.88. The standard InChI is InChI=1S/C21H24N2O4/c1-21(2,3)27-20(25)23-18(14-9-5-4-6-10-14)15(13-24)19-22-16-11-7-8-12-17(16)26-19/h4-12,15,18,24H,13H2,1-3H3,(H,23,25). The fraction of sp³-hybridized carbons (Fsp3) is 0.333. The molecule has 2 unspecified atom stereocenters. The number of alkyl carbamates (subject to hydrolysis) is 1. The molecule has 0 bridgehead atoms. The highest BCUT2D eigenvalue weighted by molar-refractivity contribution is 5.72. The minimum atomic E-state index is -0.627. The van der Waals surface area contributed by atoms with Crippen LogP contribution < -0.4 is 5.32 Å². The number of aliphatic hydroxyl groups is 1. The molecule has 2 N–H and O–H groups in total. The Labute approximate surface area is 158 Å². The minimum Gasteiger partial charge on any atom is -0.444 e. The second-order valence-electron chi connectivity index (χ2n) is 7.34. The van der Waals surface area contributed by atoms with Crippen LogP contribution in [-0.4, -0.2) is 28.4 Å². The number of carbonyl (C=O) groups excluding carboxylic acids is 1. The number of aliphatic hydroxyl groups excluding tert-OH is 1. The summed E-state index contributed by atoms with van der Waals surface area (Å²) in [6, 6.07) is 16.2. The minimum absolute atomic E-state index is 0.248. The van der Waals surface area contributed by atoms with Crippen molar-refractivity contribution in [3.63, 3.8) is 0 Å². The Bertz CT molecular complexity index is 866. The molecule has 1 heterocycles. The number of nitrogens with one attached hydrogen (secondary N) is 1. The number of benzene rings is 2. The van der Waals surface area contributed by atoms with Crippen molar-refractivity contribution in [2.45, 2.75) is 38.3 Å². The first-order valence-corrected chi connectivity index (χ1v) is 8.88. The van der Waals surface area contributed by atoms with Gasteiger partial charge in [0.25, 0.3) is 0 Å². The van der Waals surface area contributed by atoms with E-state index >= 15 is 0 Å². The molecule has 2 atom stereocenters. The maximum absolute atomic E-state index is 12.4. The number of rotatable bonds is 5. The second-order valence-corrected chi connectivity index (χ2v) is 7.34. The maximum atomic E-state index is 12.4. The Morgan fingerprint density at radius 1 is 1.15 bits per heavy atom. The first-order chi connectivity index (χ1) is 12.9. The van der Waals surface area contributed by atoms with Gasteiger partial charge in [0.15, 0.2) is 5.58 Å². The number of para-hydroxylation sites is 2. The molecule has 3 aromatic rings. The summed E-state index contributed by atoms with van der Waals surface area (Å²) in [4.78, 5) is 16.9. The van der Waals surface area contributed by atoms with Crippen LogP contribution in [0.2, 0.25) is 0 Å². The van der Waals surface area contributed by atoms with E-state index in [1.54, 1.807) is 20.8 Å². The van der Waals surface area contributed by atoms with Gasteiger partial charge in [0, 0.05) is 0 Å². The average Bonchev–Trinajstić information content (AvgIpc) is 3.04. The number of oxazole rings is 1. The molecule has 0 aliphatic rings. The SMILES string of the molecule is CC(C)(C)OC(=O)NC(c1ccccc1)C(CO)c1nc2ccccc2o1. The van der Waals surface area contributed by atoms with Crippen LogP contribution in [0.3, 0.4) is 0 Å². The summed E-state index contributed by atoms with van der Waals surface area (Å²) in [5.74, 6) is -0.198. The van der Waals surface area contributed by atoms with E-state index in [1.165, 1.54) is 0 Å². The summed E-state index contributed by atoms with van der Waals surface area (Å²) in [6.45, 7) is 5.15. The van der Waals surface area contributed by atoms with E-state index in [4.69, 9.17) is 9.15 Å². The first kappa shape index (κ1) is 18.9. The van der Waals surface area contributed by atoms with Crippen molar-refractivity contribution in [3.8, 4) is 0 Å². The van der Waals surface area contributed by atoms with Crippen molar-refractivity contribution in [2.75, 3.05) is 6.61 Å². The van der Waals surface area contributed by atoms with Crippen molar-refractivity contribution in [1.82, 2.24) is 10.3 Å². The highest BCUT2D eigenvalue weighted by Gasteiger charge is 2.31. The number of carbonyl (C=O) groups is 1. The zero-order valence-electron chi connectivity index (χ0n) is 15.7. The van der Waals surface area contributed by atoms with Gasteiger partial charge in [0.2, 0.25) is 5.89 Å². The lowest BCUT2D eigenvalue weighted by molar-refractivity contribution is 0.0484. The van der Waals surface area contributed by atoms with Gasteiger partial charge in [-0.05, 0) is 38.5 Å². The number of amides is 1. The topological polar surface area (TPSA) is 84.6 Å². The molecule has 0 saturated carbocycles. The van der Waals surface area contributed by atoms with E-state index in [-0.39, 0.29) is 6.61 Å². The summed E-state index contributed by atoms with van der Waals surface area (Å²) in [5.41, 5.74) is 1.53. The van der Waals surface area contributed by atoms with Crippen LogP contribution in [0.4, 0.5) is 4.79 Å². The summed E-state index contributed by atoms with van der Waals surface area (Å²) < 4.78 is 11.2. The van der Waals surface area contributed by atoms with E-state index < -0.39 is 23.7 Å². The van der Waals surface area contributed by atoms with Crippen LogP contribution >= 0.6 is 0 Å². The zero-order valence-corrected chi connectivity index (χ0v) is 15.7. The van der Waals surface area contributed by atoms with Crippen molar-refractivity contribution in [1.29, 1.82) is 0 Å². The van der Waals surface area contributed by atoms with Crippen molar-refractivity contribution in [2.24, 2.45) is 0 Å². The fourth-order valence-corrected chi connectivity index (χ4v) is 2.89. The summed E-state index contributed by atoms with van der Waals surface area (Å²) >= 11 is 0. The van der Waals surface area contributed by atoms with Gasteiger partial charge in [-0.1, -0.05) is 42.5 Å². The van der Waals surface area contributed by atoms with Gasteiger partial charge in [-0.3, -0.25) is 0 Å². The van der Waals surface area contributed by atoms with Crippen molar-refractivity contribution in [3.05, 3.63) is 66.1 Å². The predicted octanol–water partition coefficient (Wildman–Crippen LogP) is 4.17. The van der Waals surface area contributed by atoms with E-state index in [0.29, 0.717) is 17.0 Å². The smallest absolute Gasteiger partial charge is 0.408 e. The molecule has 1 aromatic heterocycles. The Balaban J connectivity index is 1.95. The van der Waals surface area contributed by atoms with Crippen LogP contribution in [0, 0.1) is 0 Å². The average molecular weight is 368 g/mol. The molecule has 0 aliphatic heterocycles. The molecule has 1 amide bonds. The number of hydrogen-bond acceptors (Lipinski definition) is 5. The van der Waals surface area contributed by atoms with Gasteiger partial charge in [-0.2, -0.15) is 0 Å². The molecule has 2 aromatic carbocycles. The van der Waals surface area contributed by atoms with Gasteiger partial charge in [0.1, 0.15) is 11.1 Å². The molecule has 0 radical (unpaired) electrons. The molecule has 0 spiro atoms. The van der Waals surface area contributed by atoms with Gasteiger partial charge in [-0.15, -0.1) is 0 Å². The van der Waals surface area contributed by atoms with Crippen molar-refractivity contribution < 1.29 is 19.1 Å². The second kappa shape index (κ2) is 7.80. The Morgan fingerprint density at radius 2 is 1.81 bits per heavy atom. The van der Waals surface area contributed by atoms with Gasteiger partial charge in [-0.25, -0.2) is 9.78 Å². The van der Waals surface area contributed by atoms with Crippen LogP contribution in [-0.2, 0) is 4.74 Å². The Kier molecular flexibility index (Phi) is 5.46. The van der Waals surface area contributed by atoms with Crippen LogP contribution in [0.5, 0.6) is 0 Å². The van der Waals surface area contributed by atoms with E-state index in [9.17, 15) is 9.90 Å². The lowest BCUT2D eigenvalue weighted by Gasteiger charge is -2.27. The lowest BCUT2D eigenvalue weighted by atomic mass is 9.93. The molecule has 6 heteroatoms. The number of nitrogens with zero attached hydrogens (tertiary/aromatic N) is 1. The lowest BCUT2D eigenvalue weighted by Crippen LogP contribution is -2.38. The molecule has 27 heavy (non-hydrogen) atoms. The molecule has 0 saturated heterocycles. The third kappa shape index (κ3) is 4.65. The summed E-state index contributed by atoms with van der Waals surface area (Å²) in [7, 11) is 0. The predicted molar refractivity (Wildman–Crippen MR) is 102 cm³/mol. The zero-order chi connectivity index (χ0) is 19.4. The van der Waals surface area contributed by atoms with Gasteiger partial charge >= 0.3 is 6.09 Å². The van der Waals surface area contributed by atoms with E-state index in [0.717, 1.165) is 5.56 Å². The normalized spacial score (nSPS) is 13.9. The van der Waals surface area contributed by atoms with E-state index in [1.807, 2.05) is 54.6 Å². The third-order valence-corrected chi connectivity index (χ3v) is 4.06.